The van der Waals surface area contributed by atoms with Crippen LogP contribution in [0.5, 0.6) is 0 Å². The first-order valence-electron chi connectivity index (χ1n) is 9.04. The molecule has 0 spiro atoms. The van der Waals surface area contributed by atoms with Crippen LogP contribution in [0.15, 0.2) is 24.3 Å². The van der Waals surface area contributed by atoms with Gasteiger partial charge in [-0.05, 0) is 61.9 Å². The second-order valence-electron chi connectivity index (χ2n) is 9.02. The van der Waals surface area contributed by atoms with Crippen molar-refractivity contribution in [1.82, 2.24) is 0 Å². The lowest BCUT2D eigenvalue weighted by atomic mass is 9.46. The summed E-state index contributed by atoms with van der Waals surface area (Å²) in [6.45, 7) is 12.1. The van der Waals surface area contributed by atoms with Gasteiger partial charge in [-0.1, -0.05) is 39.0 Å². The van der Waals surface area contributed by atoms with Gasteiger partial charge >= 0.3 is 0 Å². The molecule has 0 amide bonds. The maximum absolute atomic E-state index is 10.7. The lowest BCUT2D eigenvalue weighted by Crippen LogP contribution is -2.57. The second kappa shape index (κ2) is 5.44. The highest BCUT2D eigenvalue weighted by Gasteiger charge is 2.70. The maximum Gasteiger partial charge on any atom is 0.0933 e. The molecule has 0 aromatic carbocycles. The molecule has 3 nitrogen and oxygen atoms in total. The summed E-state index contributed by atoms with van der Waals surface area (Å²) in [5, 5.41) is 31.0. The van der Waals surface area contributed by atoms with E-state index >= 15 is 0 Å². The van der Waals surface area contributed by atoms with Gasteiger partial charge in [0, 0.05) is 5.41 Å². The number of rotatable bonds is 4. The minimum Gasteiger partial charge on any atom is -0.393 e. The Hall–Kier alpha value is -0.640. The van der Waals surface area contributed by atoms with Gasteiger partial charge in [-0.25, -0.2) is 0 Å². The predicted octanol–water partition coefficient (Wildman–Crippen LogP) is 2.91. The topological polar surface area (TPSA) is 60.7 Å². The molecule has 1 unspecified atom stereocenters. The Kier molecular flexibility index (Phi) is 4.06. The third-order valence-corrected chi connectivity index (χ3v) is 7.16. The van der Waals surface area contributed by atoms with Crippen LogP contribution in [0.4, 0.5) is 0 Å². The Morgan fingerprint density at radius 2 is 2.00 bits per heavy atom. The van der Waals surface area contributed by atoms with Crippen molar-refractivity contribution in [3.63, 3.8) is 0 Å². The van der Waals surface area contributed by atoms with Crippen LogP contribution in [0.3, 0.4) is 0 Å². The van der Waals surface area contributed by atoms with Gasteiger partial charge in [-0.3, -0.25) is 0 Å². The van der Waals surface area contributed by atoms with Crippen molar-refractivity contribution in [2.75, 3.05) is 0 Å². The molecule has 23 heavy (non-hydrogen) atoms. The highest BCUT2D eigenvalue weighted by Crippen LogP contribution is 2.73. The molecule has 130 valence electrons. The number of aliphatic hydroxyl groups excluding tert-OH is 2. The van der Waals surface area contributed by atoms with E-state index in [1.165, 1.54) is 12.8 Å². The van der Waals surface area contributed by atoms with E-state index < -0.39 is 11.7 Å². The van der Waals surface area contributed by atoms with Gasteiger partial charge < -0.3 is 15.3 Å². The van der Waals surface area contributed by atoms with Crippen molar-refractivity contribution in [3.05, 3.63) is 24.3 Å². The van der Waals surface area contributed by atoms with Gasteiger partial charge in [-0.2, -0.15) is 0 Å². The van der Waals surface area contributed by atoms with E-state index in [0.717, 1.165) is 5.57 Å². The molecule has 3 fully saturated rings. The van der Waals surface area contributed by atoms with Gasteiger partial charge in [0.15, 0.2) is 0 Å². The molecule has 3 aliphatic rings. The molecule has 8 atom stereocenters. The number of aliphatic hydroxyl groups is 3. The fourth-order valence-electron chi connectivity index (χ4n) is 5.96. The number of hydrogen-bond donors (Lipinski definition) is 3. The van der Waals surface area contributed by atoms with E-state index in [4.69, 9.17) is 0 Å². The van der Waals surface area contributed by atoms with Crippen LogP contribution < -0.4 is 0 Å². The first-order valence-corrected chi connectivity index (χ1v) is 9.04. The van der Waals surface area contributed by atoms with E-state index in [2.05, 4.69) is 20.4 Å². The van der Waals surface area contributed by atoms with Gasteiger partial charge in [0.1, 0.15) is 0 Å². The molecule has 0 saturated heterocycles. The van der Waals surface area contributed by atoms with Crippen molar-refractivity contribution in [1.29, 1.82) is 0 Å². The monoisotopic (exact) mass is 320 g/mol. The zero-order valence-corrected chi connectivity index (χ0v) is 14.9. The van der Waals surface area contributed by atoms with Gasteiger partial charge in [0.2, 0.25) is 0 Å². The summed E-state index contributed by atoms with van der Waals surface area (Å²) in [6, 6.07) is 0. The molecule has 0 bridgehead atoms. The summed E-state index contributed by atoms with van der Waals surface area (Å²) in [5.41, 5.74) is -0.134. The third-order valence-electron chi connectivity index (χ3n) is 7.16. The van der Waals surface area contributed by atoms with E-state index in [0.29, 0.717) is 30.1 Å². The SMILES string of the molecule is C=C(C(O)/C=C/C(C)(C)O)[C@@H]1C[C@@H](O)[C@@]2(C)[C@@H]1[C@@H]1[C@H](C)CC[C@@H]12. The van der Waals surface area contributed by atoms with E-state index in [1.54, 1.807) is 26.0 Å². The number of fused-ring (bicyclic) bond motifs is 4. The lowest BCUT2D eigenvalue weighted by molar-refractivity contribution is -0.143. The van der Waals surface area contributed by atoms with Crippen LogP contribution in [0.2, 0.25) is 0 Å². The Bertz CT molecular complexity index is 517. The fourth-order valence-corrected chi connectivity index (χ4v) is 5.96. The molecule has 3 saturated carbocycles. The van der Waals surface area contributed by atoms with Gasteiger partial charge in [0.25, 0.3) is 0 Å². The Morgan fingerprint density at radius 1 is 1.35 bits per heavy atom. The first kappa shape index (κ1) is 17.2. The molecule has 0 aromatic heterocycles. The van der Waals surface area contributed by atoms with Crippen LogP contribution in [0, 0.1) is 35.0 Å². The van der Waals surface area contributed by atoms with Crippen molar-refractivity contribution in [2.24, 2.45) is 35.0 Å². The Balaban J connectivity index is 1.78. The van der Waals surface area contributed by atoms with Crippen LogP contribution in [-0.2, 0) is 0 Å². The normalized spacial score (nSPS) is 47.3. The highest BCUT2D eigenvalue weighted by molar-refractivity contribution is 5.27. The molecule has 3 rings (SSSR count). The van der Waals surface area contributed by atoms with E-state index in [1.807, 2.05) is 0 Å². The summed E-state index contributed by atoms with van der Waals surface area (Å²) in [7, 11) is 0. The molecule has 3 N–H and O–H groups in total. The minimum atomic E-state index is -0.938. The molecular formula is C20H32O3. The zero-order valence-electron chi connectivity index (χ0n) is 14.9. The van der Waals surface area contributed by atoms with Crippen LogP contribution >= 0.6 is 0 Å². The molecule has 0 heterocycles. The lowest BCUT2D eigenvalue weighted by Gasteiger charge is -2.58. The maximum atomic E-state index is 10.7. The zero-order chi connectivity index (χ0) is 17.2. The quantitative estimate of drug-likeness (QED) is 0.698. The minimum absolute atomic E-state index is 0.00270. The van der Waals surface area contributed by atoms with Crippen molar-refractivity contribution < 1.29 is 15.3 Å². The van der Waals surface area contributed by atoms with Gasteiger partial charge in [-0.15, -0.1) is 0 Å². The Morgan fingerprint density at radius 3 is 2.61 bits per heavy atom. The number of hydrogen-bond acceptors (Lipinski definition) is 3. The molecule has 3 aliphatic carbocycles. The third kappa shape index (κ3) is 2.52. The van der Waals surface area contributed by atoms with Crippen LogP contribution in [0.1, 0.15) is 47.0 Å². The Labute approximate surface area is 140 Å². The molecule has 0 radical (unpaired) electrons. The predicted molar refractivity (Wildman–Crippen MR) is 91.7 cm³/mol. The summed E-state index contributed by atoms with van der Waals surface area (Å²) in [5.74, 6) is 2.64. The summed E-state index contributed by atoms with van der Waals surface area (Å²) < 4.78 is 0. The summed E-state index contributed by atoms with van der Waals surface area (Å²) in [4.78, 5) is 0. The molecule has 3 heteroatoms. The standard InChI is InChI=1S/C20H32O3/c1-11-6-7-14-17(11)18-13(10-16(22)20(14,18)5)12(2)15(21)8-9-19(3,4)23/h8-9,11,13-18,21-23H,2,6-7,10H2,1,3-5H3/b9-8+/t11-,13+,14+,15?,16-,17-,18+,20+/m1/s1. The van der Waals surface area contributed by atoms with Crippen molar-refractivity contribution in [3.8, 4) is 0 Å². The molecule has 0 aromatic rings. The van der Waals surface area contributed by atoms with Gasteiger partial charge in [0.05, 0.1) is 17.8 Å². The average Bonchev–Trinajstić information content (AvgIpc) is 2.88. The van der Waals surface area contributed by atoms with Crippen LogP contribution in [-0.4, -0.2) is 33.1 Å². The highest BCUT2D eigenvalue weighted by atomic mass is 16.3. The van der Waals surface area contributed by atoms with E-state index in [-0.39, 0.29) is 17.4 Å². The van der Waals surface area contributed by atoms with E-state index in [9.17, 15) is 15.3 Å². The van der Waals surface area contributed by atoms with Crippen molar-refractivity contribution in [2.45, 2.75) is 64.8 Å². The molecular weight excluding hydrogens is 288 g/mol. The van der Waals surface area contributed by atoms with Crippen molar-refractivity contribution >= 4 is 0 Å². The average molecular weight is 320 g/mol. The molecule has 0 aliphatic heterocycles. The summed E-state index contributed by atoms with van der Waals surface area (Å²) in [6.07, 6.45) is 5.43. The fraction of sp³-hybridized carbons (Fsp3) is 0.800. The summed E-state index contributed by atoms with van der Waals surface area (Å²) >= 11 is 0. The first-order chi connectivity index (χ1) is 10.6. The second-order valence-corrected chi connectivity index (χ2v) is 9.02. The largest absolute Gasteiger partial charge is 0.393 e. The van der Waals surface area contributed by atoms with Crippen LogP contribution in [0.25, 0.3) is 0 Å². The smallest absolute Gasteiger partial charge is 0.0933 e.